The molecule has 1 aromatic heterocycles. The molecule has 1 N–H and O–H groups in total. The number of hydrogen-bond donors (Lipinski definition) is 1. The van der Waals surface area contributed by atoms with Gasteiger partial charge in [-0.2, -0.15) is 0 Å². The van der Waals surface area contributed by atoms with Crippen molar-refractivity contribution in [3.05, 3.63) is 81.8 Å². The molecule has 4 rings (SSSR count). The number of ketones is 1. The Morgan fingerprint density at radius 2 is 1.81 bits per heavy atom. The van der Waals surface area contributed by atoms with Gasteiger partial charge in [-0.1, -0.05) is 19.9 Å². The molecule has 0 amide bonds. The topological polar surface area (TPSA) is 85.2 Å². The van der Waals surface area contributed by atoms with Gasteiger partial charge in [-0.15, -0.1) is 11.3 Å². The normalized spacial score (nSPS) is 16.2. The molecule has 8 heteroatoms. The third-order valence-electron chi connectivity index (χ3n) is 5.94. The number of carbonyl (C=O) groups excluding carboxylic acids is 1. The van der Waals surface area contributed by atoms with Gasteiger partial charge in [0.05, 0.1) is 18.8 Å². The Morgan fingerprint density at radius 3 is 2.46 bits per heavy atom. The van der Waals surface area contributed by atoms with Crippen LogP contribution in [0.1, 0.15) is 52.3 Å². The monoisotopic (exact) mass is 521 g/mol. The van der Waals surface area contributed by atoms with Gasteiger partial charge in [0, 0.05) is 18.7 Å². The molecule has 2 heterocycles. The smallest absolute Gasteiger partial charge is 0.345 e. The summed E-state index contributed by atoms with van der Waals surface area (Å²) in [5, 5.41) is 11.1. The third kappa shape index (κ3) is 5.80. The van der Waals surface area contributed by atoms with Gasteiger partial charge >= 0.3 is 5.97 Å². The van der Waals surface area contributed by atoms with Gasteiger partial charge in [-0.25, -0.2) is 9.18 Å². The molecule has 0 saturated carbocycles. The standard InChI is InChI=1S/C29H28FNO5S/c1-3-12-35-22-7-8-23(24(30)16-22)27(32)29(10-5-11-31-29)17-20-14-19(6-9-25(20)36-13-4-2)21-15-26(28(33)34)37-18-21/h5-11,14-16,18H,3-4,12-13,17H2,1-2H3,(H,33,34). The zero-order valence-corrected chi connectivity index (χ0v) is 21.5. The molecule has 192 valence electrons. The molecule has 0 radical (unpaired) electrons. The van der Waals surface area contributed by atoms with Crippen molar-refractivity contribution in [3.8, 4) is 22.6 Å². The fraction of sp³-hybridized carbons (Fsp3) is 0.276. The third-order valence-corrected chi connectivity index (χ3v) is 6.86. The lowest BCUT2D eigenvalue weighted by molar-refractivity contribution is 0.0702. The van der Waals surface area contributed by atoms with Crippen LogP contribution in [0.5, 0.6) is 11.5 Å². The van der Waals surface area contributed by atoms with Crippen LogP contribution >= 0.6 is 11.3 Å². The zero-order chi connectivity index (χ0) is 26.4. The first-order valence-corrected chi connectivity index (χ1v) is 13.0. The van der Waals surface area contributed by atoms with Crippen molar-refractivity contribution in [2.24, 2.45) is 4.99 Å². The molecule has 1 aliphatic heterocycles. The van der Waals surface area contributed by atoms with Crippen LogP contribution in [0.3, 0.4) is 0 Å². The summed E-state index contributed by atoms with van der Waals surface area (Å²) in [6, 6.07) is 11.4. The van der Waals surface area contributed by atoms with Crippen LogP contribution in [0.15, 0.2) is 65.0 Å². The average molecular weight is 522 g/mol. The van der Waals surface area contributed by atoms with Crippen molar-refractivity contribution >= 4 is 29.3 Å². The largest absolute Gasteiger partial charge is 0.494 e. The number of ether oxygens (including phenoxy) is 2. The van der Waals surface area contributed by atoms with Gasteiger partial charge in [-0.05, 0) is 77.4 Å². The fourth-order valence-electron chi connectivity index (χ4n) is 4.10. The van der Waals surface area contributed by atoms with E-state index in [1.54, 1.807) is 35.9 Å². The summed E-state index contributed by atoms with van der Waals surface area (Å²) >= 11 is 1.15. The maximum Gasteiger partial charge on any atom is 0.345 e. The van der Waals surface area contributed by atoms with E-state index in [1.165, 1.54) is 12.1 Å². The minimum atomic E-state index is -1.34. The van der Waals surface area contributed by atoms with E-state index >= 15 is 4.39 Å². The maximum atomic E-state index is 15.0. The number of carboxylic acid groups (broad SMARTS) is 1. The first-order chi connectivity index (χ1) is 17.9. The number of nitrogens with zero attached hydrogens (tertiary/aromatic N) is 1. The number of benzene rings is 2. The Bertz CT molecular complexity index is 1350. The summed E-state index contributed by atoms with van der Waals surface area (Å²) in [4.78, 5) is 29.8. The number of carbonyl (C=O) groups is 2. The second-order valence-corrected chi connectivity index (χ2v) is 9.64. The quantitative estimate of drug-likeness (QED) is 0.270. The van der Waals surface area contributed by atoms with Gasteiger partial charge in [0.1, 0.15) is 27.7 Å². The first-order valence-electron chi connectivity index (χ1n) is 12.1. The molecule has 0 fully saturated rings. The predicted molar refractivity (Wildman–Crippen MR) is 143 cm³/mol. The van der Waals surface area contributed by atoms with E-state index < -0.39 is 23.1 Å². The highest BCUT2D eigenvalue weighted by molar-refractivity contribution is 7.12. The number of aromatic carboxylic acids is 1. The SMILES string of the molecule is CCCOc1ccc(C(=O)C2(Cc3cc(-c4csc(C(=O)O)c4)ccc3OCCC)C=CC=N2)c(F)c1. The van der Waals surface area contributed by atoms with Crippen molar-refractivity contribution in [1.82, 2.24) is 0 Å². The molecule has 2 aromatic carbocycles. The predicted octanol–water partition coefficient (Wildman–Crippen LogP) is 6.63. The molecule has 0 bridgehead atoms. The summed E-state index contributed by atoms with van der Waals surface area (Å²) in [7, 11) is 0. The van der Waals surface area contributed by atoms with E-state index in [4.69, 9.17) is 9.47 Å². The Morgan fingerprint density at radius 1 is 1.03 bits per heavy atom. The number of aliphatic imine (C=N–C) groups is 1. The molecule has 1 unspecified atom stereocenters. The van der Waals surface area contributed by atoms with Crippen molar-refractivity contribution in [2.75, 3.05) is 13.2 Å². The Balaban J connectivity index is 1.70. The lowest BCUT2D eigenvalue weighted by atomic mass is 9.83. The van der Waals surface area contributed by atoms with E-state index in [9.17, 15) is 14.7 Å². The molecule has 0 aliphatic carbocycles. The number of hydrogen-bond acceptors (Lipinski definition) is 6. The first kappa shape index (κ1) is 26.3. The van der Waals surface area contributed by atoms with Gasteiger partial charge < -0.3 is 14.6 Å². The van der Waals surface area contributed by atoms with Gasteiger partial charge in [0.15, 0.2) is 5.78 Å². The lowest BCUT2D eigenvalue weighted by Gasteiger charge is -2.25. The minimum absolute atomic E-state index is 0.0661. The highest BCUT2D eigenvalue weighted by Crippen LogP contribution is 2.36. The van der Waals surface area contributed by atoms with E-state index in [2.05, 4.69) is 4.99 Å². The highest BCUT2D eigenvalue weighted by atomic mass is 32.1. The van der Waals surface area contributed by atoms with E-state index in [0.29, 0.717) is 24.7 Å². The summed E-state index contributed by atoms with van der Waals surface area (Å²) in [5.74, 6) is -1.14. The lowest BCUT2D eigenvalue weighted by Crippen LogP contribution is -2.36. The average Bonchev–Trinajstić information content (AvgIpc) is 3.57. The minimum Gasteiger partial charge on any atom is -0.494 e. The zero-order valence-electron chi connectivity index (χ0n) is 20.7. The second kappa shape index (κ2) is 11.5. The molecular weight excluding hydrogens is 493 g/mol. The summed E-state index contributed by atoms with van der Waals surface area (Å²) in [5.41, 5.74) is 0.860. The molecule has 0 spiro atoms. The Labute approximate surface area is 219 Å². The van der Waals surface area contributed by atoms with Crippen LogP contribution in [0.25, 0.3) is 11.1 Å². The number of carboxylic acids is 1. The number of halogens is 1. The van der Waals surface area contributed by atoms with Crippen molar-refractivity contribution in [2.45, 2.75) is 38.6 Å². The Hall–Kier alpha value is -3.78. The van der Waals surface area contributed by atoms with Crippen LogP contribution in [0, 0.1) is 5.82 Å². The van der Waals surface area contributed by atoms with Gasteiger partial charge in [-0.3, -0.25) is 9.79 Å². The summed E-state index contributed by atoms with van der Waals surface area (Å²) in [6.07, 6.45) is 6.64. The molecule has 3 aromatic rings. The van der Waals surface area contributed by atoms with E-state index in [0.717, 1.165) is 40.9 Å². The molecular formula is C29H28FNO5S. The van der Waals surface area contributed by atoms with Crippen LogP contribution in [0.4, 0.5) is 4.39 Å². The highest BCUT2D eigenvalue weighted by Gasteiger charge is 2.39. The van der Waals surface area contributed by atoms with Gasteiger partial charge in [0.2, 0.25) is 0 Å². The molecule has 37 heavy (non-hydrogen) atoms. The number of rotatable bonds is 12. The second-order valence-electron chi connectivity index (χ2n) is 8.73. The molecule has 1 atom stereocenters. The van der Waals surface area contributed by atoms with E-state index in [-0.39, 0.29) is 16.9 Å². The number of allylic oxidation sites excluding steroid dienone is 1. The van der Waals surface area contributed by atoms with Gasteiger partial charge in [0.25, 0.3) is 0 Å². The summed E-state index contributed by atoms with van der Waals surface area (Å²) < 4.78 is 26.5. The maximum absolute atomic E-state index is 15.0. The molecule has 1 aliphatic rings. The molecule has 6 nitrogen and oxygen atoms in total. The number of thiophene rings is 1. The number of Topliss-reactive ketones (excluding diaryl/α,β-unsaturated/α-hetero) is 1. The van der Waals surface area contributed by atoms with Crippen LogP contribution in [0.2, 0.25) is 0 Å². The molecule has 0 saturated heterocycles. The van der Waals surface area contributed by atoms with Crippen LogP contribution in [-0.2, 0) is 6.42 Å². The van der Waals surface area contributed by atoms with Crippen LogP contribution in [-0.4, -0.2) is 41.8 Å². The van der Waals surface area contributed by atoms with E-state index in [1.807, 2.05) is 32.0 Å². The summed E-state index contributed by atoms with van der Waals surface area (Å²) in [6.45, 7) is 4.90. The van der Waals surface area contributed by atoms with Crippen molar-refractivity contribution in [1.29, 1.82) is 0 Å². The fourth-order valence-corrected chi connectivity index (χ4v) is 4.86. The van der Waals surface area contributed by atoms with Crippen LogP contribution < -0.4 is 9.47 Å². The van der Waals surface area contributed by atoms with Crippen molar-refractivity contribution in [3.63, 3.8) is 0 Å². The Kier molecular flexibility index (Phi) is 8.18. The van der Waals surface area contributed by atoms with Crippen molar-refractivity contribution < 1.29 is 28.6 Å².